The molecule has 1 atom stereocenters. The van der Waals surface area contributed by atoms with Gasteiger partial charge in [0.2, 0.25) is 0 Å². The third-order valence-corrected chi connectivity index (χ3v) is 12.0. The van der Waals surface area contributed by atoms with E-state index in [1.807, 2.05) is 6.20 Å². The van der Waals surface area contributed by atoms with Gasteiger partial charge in [-0.2, -0.15) is 0 Å². The van der Waals surface area contributed by atoms with Gasteiger partial charge in [0.05, 0.1) is 5.54 Å². The fourth-order valence-electron chi connectivity index (χ4n) is 8.04. The van der Waals surface area contributed by atoms with Crippen LogP contribution in [0.1, 0.15) is 129 Å². The molecule has 3 aromatic carbocycles. The van der Waals surface area contributed by atoms with Gasteiger partial charge in [-0.05, 0) is 82.9 Å². The van der Waals surface area contributed by atoms with Crippen LogP contribution in [0.3, 0.4) is 0 Å². The first-order valence-corrected chi connectivity index (χ1v) is 19.2. The Labute approximate surface area is 327 Å². The number of hydrogen-bond acceptors (Lipinski definition) is 3. The molecule has 1 fully saturated rings. The Balaban J connectivity index is 0.00000464. The third-order valence-electron chi connectivity index (χ3n) is 12.0. The number of aliphatic imine (C=N–C) groups is 1. The number of pyridine rings is 1. The summed E-state index contributed by atoms with van der Waals surface area (Å²) in [4.78, 5) is 13.2. The van der Waals surface area contributed by atoms with Crippen LogP contribution in [-0.4, -0.2) is 38.4 Å². The molecule has 5 aromatic rings. The zero-order chi connectivity index (χ0) is 36.7. The van der Waals surface area contributed by atoms with Crippen LogP contribution in [0.2, 0.25) is 0 Å². The Kier molecular flexibility index (Phi) is 10.0. The van der Waals surface area contributed by atoms with E-state index < -0.39 is 0 Å². The molecule has 276 valence electrons. The van der Waals surface area contributed by atoms with Crippen LogP contribution < -0.4 is 0 Å². The Hall–Kier alpha value is -3.23. The van der Waals surface area contributed by atoms with E-state index in [-0.39, 0.29) is 42.8 Å². The largest absolute Gasteiger partial charge is 2.00 e. The number of benzene rings is 3. The first-order valence-electron chi connectivity index (χ1n) is 19.2. The number of amidine groups is 1. The normalized spacial score (nSPS) is 19.0. The van der Waals surface area contributed by atoms with E-state index in [1.165, 1.54) is 70.6 Å². The van der Waals surface area contributed by atoms with Gasteiger partial charge in [-0.15, -0.1) is 52.6 Å². The second kappa shape index (κ2) is 13.6. The van der Waals surface area contributed by atoms with E-state index in [1.54, 1.807) is 0 Å². The topological polar surface area (TPSA) is 33.4 Å². The van der Waals surface area contributed by atoms with Crippen LogP contribution in [0.25, 0.3) is 38.8 Å². The predicted octanol–water partition coefficient (Wildman–Crippen LogP) is 11.9. The molecule has 0 bridgehead atoms. The molecule has 0 amide bonds. The molecule has 4 nitrogen and oxygen atoms in total. The smallest absolute Gasteiger partial charge is 0.391 e. The molecule has 0 radical (unpaired) electrons. The second-order valence-electron chi connectivity index (χ2n) is 18.9. The van der Waals surface area contributed by atoms with Crippen molar-refractivity contribution in [3.63, 3.8) is 0 Å². The van der Waals surface area contributed by atoms with Crippen molar-refractivity contribution < 1.29 is 21.1 Å². The molecule has 0 N–H and O–H groups in total. The van der Waals surface area contributed by atoms with Crippen LogP contribution in [0.4, 0.5) is 0 Å². The summed E-state index contributed by atoms with van der Waals surface area (Å²) < 4.78 is 2.41. The number of nitrogens with zero attached hydrogens (tertiary/aromatic N) is 4. The molecule has 0 spiro atoms. The van der Waals surface area contributed by atoms with Crippen LogP contribution in [-0.2, 0) is 31.9 Å². The van der Waals surface area contributed by atoms with Crippen molar-refractivity contribution in [2.75, 3.05) is 6.54 Å². The molecule has 3 heterocycles. The van der Waals surface area contributed by atoms with E-state index in [4.69, 9.17) is 9.98 Å². The molecule has 0 unspecified atom stereocenters. The van der Waals surface area contributed by atoms with Gasteiger partial charge in [0.15, 0.2) is 0 Å². The molecule has 1 aliphatic heterocycles. The Morgan fingerprint density at radius 1 is 0.769 bits per heavy atom. The van der Waals surface area contributed by atoms with Crippen molar-refractivity contribution in [2.24, 2.45) is 10.4 Å². The van der Waals surface area contributed by atoms with Crippen LogP contribution >= 0.6 is 0 Å². The molecule has 0 saturated heterocycles. The van der Waals surface area contributed by atoms with Gasteiger partial charge in [0.25, 0.3) is 0 Å². The van der Waals surface area contributed by atoms with Gasteiger partial charge < -0.3 is 19.4 Å². The van der Waals surface area contributed by atoms with E-state index in [0.29, 0.717) is 6.04 Å². The molecular formula is C47H58N4Pt. The van der Waals surface area contributed by atoms with E-state index in [9.17, 15) is 0 Å². The first kappa shape index (κ1) is 38.5. The summed E-state index contributed by atoms with van der Waals surface area (Å²) in [6.45, 7) is 28.5. The summed E-state index contributed by atoms with van der Waals surface area (Å²) in [6, 6.07) is 26.8. The zero-order valence-electron chi connectivity index (χ0n) is 33.6. The van der Waals surface area contributed by atoms with Crippen molar-refractivity contribution >= 4 is 27.6 Å². The zero-order valence-corrected chi connectivity index (χ0v) is 35.9. The van der Waals surface area contributed by atoms with Crippen molar-refractivity contribution in [1.29, 1.82) is 0 Å². The summed E-state index contributed by atoms with van der Waals surface area (Å²) in [7, 11) is 0. The van der Waals surface area contributed by atoms with Crippen molar-refractivity contribution in [3.8, 4) is 16.9 Å². The molecule has 7 rings (SSSR count). The quantitative estimate of drug-likeness (QED) is 0.169. The van der Waals surface area contributed by atoms with Gasteiger partial charge in [0.1, 0.15) is 0 Å². The van der Waals surface area contributed by atoms with E-state index >= 15 is 0 Å². The Morgan fingerprint density at radius 2 is 1.46 bits per heavy atom. The summed E-state index contributed by atoms with van der Waals surface area (Å²) >= 11 is 0. The fraction of sp³-hybridized carbons (Fsp3) is 0.489. The van der Waals surface area contributed by atoms with E-state index in [2.05, 4.69) is 153 Å². The monoisotopic (exact) mass is 873 g/mol. The summed E-state index contributed by atoms with van der Waals surface area (Å²) in [5, 5.41) is 2.45. The average Bonchev–Trinajstić information content (AvgIpc) is 3.59. The van der Waals surface area contributed by atoms with Gasteiger partial charge >= 0.3 is 21.1 Å². The number of aryl methyl sites for hydroxylation is 2. The van der Waals surface area contributed by atoms with Crippen molar-refractivity contribution in [2.45, 2.75) is 138 Å². The minimum atomic E-state index is -0.190. The first-order chi connectivity index (χ1) is 23.8. The van der Waals surface area contributed by atoms with Crippen LogP contribution in [0.5, 0.6) is 0 Å². The number of aromatic nitrogens is 2. The van der Waals surface area contributed by atoms with Gasteiger partial charge in [-0.25, -0.2) is 0 Å². The molecule has 1 saturated carbocycles. The average molecular weight is 874 g/mol. The van der Waals surface area contributed by atoms with Gasteiger partial charge in [0, 0.05) is 30.1 Å². The SMILES string of the molecule is Cc1ccc2c(c1)c1cc(C)c(-c3cc(C(C)(C)C)ccn3)[c-]c1n2-c1[c-]c(C2=N[C@](C)(C(C)(C)C)CN2C2CCCCC2)cc(C(C)(C)C)c1.[Pt+2]. The minimum absolute atomic E-state index is 0. The maximum Gasteiger partial charge on any atom is 2.00 e. The third kappa shape index (κ3) is 6.95. The van der Waals surface area contributed by atoms with Crippen LogP contribution in [0.15, 0.2) is 59.7 Å². The standard InChI is InChI=1S/C47H58N4.Pt/c1-30-18-19-41-38(22-30)39-23-31(2)37(40-27-33(20-21-48-40)44(3,4)5)28-42(39)51(41)36-25-32(24-34(26-36)45(6,7)8)43-49-47(12,46(9,10)11)29-50(43)35-16-14-13-15-17-35;/h18-24,26-27,35H,13-17,29H2,1-12H3;/q-2;+2/t47-;/m0./s1. The molecular weight excluding hydrogens is 816 g/mol. The maximum absolute atomic E-state index is 5.68. The minimum Gasteiger partial charge on any atom is -0.391 e. The summed E-state index contributed by atoms with van der Waals surface area (Å²) in [5.74, 6) is 1.12. The maximum atomic E-state index is 5.68. The van der Waals surface area contributed by atoms with Gasteiger partial charge in [-0.3, -0.25) is 0 Å². The molecule has 52 heavy (non-hydrogen) atoms. The summed E-state index contributed by atoms with van der Waals surface area (Å²) in [5.41, 5.74) is 11.2. The molecule has 2 aliphatic rings. The van der Waals surface area contributed by atoms with E-state index in [0.717, 1.165) is 40.4 Å². The number of rotatable bonds is 4. The van der Waals surface area contributed by atoms with Crippen molar-refractivity contribution in [1.82, 2.24) is 14.5 Å². The Morgan fingerprint density at radius 3 is 2.12 bits per heavy atom. The number of fused-ring (bicyclic) bond motifs is 3. The molecule has 2 aromatic heterocycles. The summed E-state index contributed by atoms with van der Waals surface area (Å²) in [6.07, 6.45) is 8.35. The number of hydrogen-bond donors (Lipinski definition) is 0. The van der Waals surface area contributed by atoms with Gasteiger partial charge in [-0.1, -0.05) is 118 Å². The molecule has 1 aliphatic carbocycles. The van der Waals surface area contributed by atoms with Crippen LogP contribution in [0, 0.1) is 31.4 Å². The second-order valence-corrected chi connectivity index (χ2v) is 18.9. The predicted molar refractivity (Wildman–Crippen MR) is 217 cm³/mol. The fourth-order valence-corrected chi connectivity index (χ4v) is 8.04. The Bertz CT molecular complexity index is 2160. The van der Waals surface area contributed by atoms with Crippen molar-refractivity contribution in [3.05, 3.63) is 94.7 Å². The molecule has 5 heteroatoms.